The first-order valence-corrected chi connectivity index (χ1v) is 8.43. The zero-order valence-electron chi connectivity index (χ0n) is 13.5. The maximum atomic E-state index is 12.2. The van der Waals surface area contributed by atoms with Crippen molar-refractivity contribution >= 4 is 41.1 Å². The van der Waals surface area contributed by atoms with Crippen LogP contribution >= 0.6 is 11.8 Å². The number of carbonyl (C=O) groups excluding carboxylic acids is 3. The number of rotatable bonds is 4. The van der Waals surface area contributed by atoms with Crippen molar-refractivity contribution in [1.82, 2.24) is 5.16 Å². The maximum absolute atomic E-state index is 12.2. The number of anilines is 2. The second kappa shape index (κ2) is 6.98. The molecule has 0 fully saturated rings. The van der Waals surface area contributed by atoms with Gasteiger partial charge in [-0.05, 0) is 32.0 Å². The molecule has 0 spiro atoms. The molecule has 2 heterocycles. The second-order valence-electron chi connectivity index (χ2n) is 5.42. The molecule has 0 bridgehead atoms. The number of thioether (sulfide) groups is 1. The zero-order chi connectivity index (χ0) is 18.0. The Bertz CT molecular complexity index is 848. The number of esters is 1. The molecule has 1 unspecified atom stereocenters. The lowest BCUT2D eigenvalue weighted by atomic mass is 10.2. The van der Waals surface area contributed by atoms with Crippen molar-refractivity contribution < 1.29 is 23.6 Å². The largest absolute Gasteiger partial charge is 0.449 e. The summed E-state index contributed by atoms with van der Waals surface area (Å²) >= 11 is 1.39. The molecular weight excluding hydrogens is 346 g/mol. The number of carbonyl (C=O) groups is 3. The minimum atomic E-state index is -1.03. The van der Waals surface area contributed by atoms with Gasteiger partial charge in [-0.25, -0.2) is 4.79 Å². The van der Waals surface area contributed by atoms with E-state index >= 15 is 0 Å². The summed E-state index contributed by atoms with van der Waals surface area (Å²) in [6, 6.07) is 6.41. The molecule has 1 aliphatic rings. The number of aryl methyl sites for hydroxylation is 1. The Hall–Kier alpha value is -2.81. The topological polar surface area (TPSA) is 111 Å². The zero-order valence-corrected chi connectivity index (χ0v) is 14.3. The summed E-state index contributed by atoms with van der Waals surface area (Å²) in [5, 5.41) is 8.82. The van der Waals surface area contributed by atoms with Gasteiger partial charge in [-0.1, -0.05) is 5.16 Å². The van der Waals surface area contributed by atoms with Crippen molar-refractivity contribution in [2.24, 2.45) is 0 Å². The highest BCUT2D eigenvalue weighted by Crippen LogP contribution is 2.32. The van der Waals surface area contributed by atoms with Gasteiger partial charge in [0.05, 0.1) is 22.7 Å². The molecular formula is C16H15N3O5S. The quantitative estimate of drug-likeness (QED) is 0.803. The molecule has 0 radical (unpaired) electrons. The van der Waals surface area contributed by atoms with E-state index in [2.05, 4.69) is 15.8 Å². The van der Waals surface area contributed by atoms with Crippen molar-refractivity contribution in [1.29, 1.82) is 0 Å². The minimum Gasteiger partial charge on any atom is -0.449 e. The fraction of sp³-hybridized carbons (Fsp3) is 0.250. The fourth-order valence-corrected chi connectivity index (χ4v) is 2.93. The third-order valence-corrected chi connectivity index (χ3v) is 4.45. The van der Waals surface area contributed by atoms with E-state index in [1.807, 2.05) is 0 Å². The number of hydrogen-bond acceptors (Lipinski definition) is 7. The van der Waals surface area contributed by atoms with E-state index in [1.165, 1.54) is 24.8 Å². The van der Waals surface area contributed by atoms with Crippen LogP contribution in [0.2, 0.25) is 0 Å². The van der Waals surface area contributed by atoms with E-state index in [9.17, 15) is 14.4 Å². The molecule has 2 aromatic rings. The van der Waals surface area contributed by atoms with Crippen LogP contribution in [0.4, 0.5) is 11.6 Å². The van der Waals surface area contributed by atoms with Crippen molar-refractivity contribution in [2.75, 3.05) is 16.4 Å². The second-order valence-corrected chi connectivity index (χ2v) is 6.43. The third kappa shape index (κ3) is 4.00. The predicted molar refractivity (Wildman–Crippen MR) is 90.5 cm³/mol. The summed E-state index contributed by atoms with van der Waals surface area (Å²) in [6.45, 7) is 3.17. The summed E-state index contributed by atoms with van der Waals surface area (Å²) in [6.07, 6.45) is -1.03. The van der Waals surface area contributed by atoms with Gasteiger partial charge >= 0.3 is 5.97 Å². The van der Waals surface area contributed by atoms with Crippen molar-refractivity contribution in [3.8, 4) is 0 Å². The lowest BCUT2D eigenvalue weighted by Gasteiger charge is -2.17. The Labute approximate surface area is 147 Å². The molecule has 1 aromatic carbocycles. The van der Waals surface area contributed by atoms with Gasteiger partial charge in [-0.15, -0.1) is 11.8 Å². The van der Waals surface area contributed by atoms with E-state index in [0.29, 0.717) is 17.1 Å². The highest BCUT2D eigenvalue weighted by Gasteiger charge is 2.22. The molecule has 1 aromatic heterocycles. The molecule has 9 heteroatoms. The lowest BCUT2D eigenvalue weighted by molar-refractivity contribution is -0.124. The Balaban J connectivity index is 1.64. The van der Waals surface area contributed by atoms with Gasteiger partial charge in [0.1, 0.15) is 0 Å². The number of hydrogen-bond donors (Lipinski definition) is 2. The molecule has 0 saturated heterocycles. The van der Waals surface area contributed by atoms with Crippen LogP contribution in [-0.2, 0) is 14.3 Å². The van der Waals surface area contributed by atoms with Gasteiger partial charge < -0.3 is 14.6 Å². The SMILES string of the molecule is Cc1cc(NC(=O)C(C)OC(=O)c2ccc3c(c2)NC(=O)CS3)on1. The number of ether oxygens (including phenoxy) is 1. The highest BCUT2D eigenvalue weighted by molar-refractivity contribution is 8.00. The summed E-state index contributed by atoms with van der Waals surface area (Å²) in [4.78, 5) is 36.6. The van der Waals surface area contributed by atoms with Crippen LogP contribution in [-0.4, -0.2) is 34.8 Å². The van der Waals surface area contributed by atoms with E-state index in [-0.39, 0.29) is 17.4 Å². The predicted octanol–water partition coefficient (Wildman–Crippen LogP) is 2.21. The van der Waals surface area contributed by atoms with Gasteiger partial charge in [0.2, 0.25) is 11.8 Å². The maximum Gasteiger partial charge on any atom is 0.338 e. The first kappa shape index (κ1) is 17.0. The monoisotopic (exact) mass is 361 g/mol. The van der Waals surface area contributed by atoms with Crippen LogP contribution in [0, 0.1) is 6.92 Å². The summed E-state index contributed by atoms with van der Waals surface area (Å²) in [7, 11) is 0. The van der Waals surface area contributed by atoms with Crippen molar-refractivity contribution in [3.63, 3.8) is 0 Å². The normalized spacial score (nSPS) is 14.2. The van der Waals surface area contributed by atoms with E-state index in [4.69, 9.17) is 9.26 Å². The Morgan fingerprint density at radius 3 is 2.92 bits per heavy atom. The molecule has 2 amide bonds. The number of nitrogens with zero attached hydrogens (tertiary/aromatic N) is 1. The molecule has 8 nitrogen and oxygen atoms in total. The van der Waals surface area contributed by atoms with Gasteiger partial charge in [0.15, 0.2) is 6.10 Å². The smallest absolute Gasteiger partial charge is 0.338 e. The molecule has 25 heavy (non-hydrogen) atoms. The Kier molecular flexibility index (Phi) is 4.75. The standard InChI is InChI=1S/C16H15N3O5S/c1-8-5-14(24-19-8)18-15(21)9(2)23-16(22)10-3-4-12-11(6-10)17-13(20)7-25-12/h3-6,9H,7H2,1-2H3,(H,17,20)(H,18,21). The van der Waals surface area contributed by atoms with E-state index < -0.39 is 18.0 Å². The van der Waals surface area contributed by atoms with Gasteiger partial charge in [0.25, 0.3) is 5.91 Å². The third-order valence-electron chi connectivity index (χ3n) is 3.38. The number of benzene rings is 1. The van der Waals surface area contributed by atoms with Gasteiger partial charge in [-0.2, -0.15) is 0 Å². The number of nitrogens with one attached hydrogen (secondary N) is 2. The molecule has 1 atom stereocenters. The average molecular weight is 361 g/mol. The van der Waals surface area contributed by atoms with Crippen LogP contribution in [0.1, 0.15) is 23.0 Å². The van der Waals surface area contributed by atoms with Gasteiger partial charge in [0, 0.05) is 11.0 Å². The number of aromatic nitrogens is 1. The number of fused-ring (bicyclic) bond motifs is 1. The van der Waals surface area contributed by atoms with Gasteiger partial charge in [-0.3, -0.25) is 14.9 Å². The molecule has 1 aliphatic heterocycles. The van der Waals surface area contributed by atoms with Crippen molar-refractivity contribution in [2.45, 2.75) is 24.8 Å². The highest BCUT2D eigenvalue weighted by atomic mass is 32.2. The van der Waals surface area contributed by atoms with Crippen molar-refractivity contribution in [3.05, 3.63) is 35.5 Å². The minimum absolute atomic E-state index is 0.127. The molecule has 0 saturated carbocycles. The first-order chi connectivity index (χ1) is 11.9. The van der Waals surface area contributed by atoms with E-state index in [1.54, 1.807) is 25.1 Å². The molecule has 130 valence electrons. The average Bonchev–Trinajstić information content (AvgIpc) is 2.98. The van der Waals surface area contributed by atoms with Crippen LogP contribution in [0.5, 0.6) is 0 Å². The van der Waals surface area contributed by atoms with Crippen LogP contribution in [0.3, 0.4) is 0 Å². The lowest BCUT2D eigenvalue weighted by Crippen LogP contribution is -2.30. The van der Waals surface area contributed by atoms with E-state index in [0.717, 1.165) is 4.90 Å². The fourth-order valence-electron chi connectivity index (χ4n) is 2.14. The summed E-state index contributed by atoms with van der Waals surface area (Å²) in [5.74, 6) is -0.804. The molecule has 3 rings (SSSR count). The molecule has 2 N–H and O–H groups in total. The Morgan fingerprint density at radius 1 is 1.40 bits per heavy atom. The summed E-state index contributed by atoms with van der Waals surface area (Å²) < 4.78 is 10.0. The number of amides is 2. The van der Waals surface area contributed by atoms with Crippen LogP contribution in [0.15, 0.2) is 33.7 Å². The molecule has 0 aliphatic carbocycles. The first-order valence-electron chi connectivity index (χ1n) is 7.44. The Morgan fingerprint density at radius 2 is 2.20 bits per heavy atom. The van der Waals surface area contributed by atoms with Crippen LogP contribution in [0.25, 0.3) is 0 Å². The van der Waals surface area contributed by atoms with Crippen LogP contribution < -0.4 is 10.6 Å². The summed E-state index contributed by atoms with van der Waals surface area (Å²) in [5.41, 5.74) is 1.43.